The predicted molar refractivity (Wildman–Crippen MR) is 23.6 cm³/mol. The quantitative estimate of drug-likeness (QED) is 0.455. The van der Waals surface area contributed by atoms with Crippen molar-refractivity contribution in [1.82, 2.24) is 5.06 Å². The van der Waals surface area contributed by atoms with Crippen LogP contribution < -0.4 is 0 Å². The molecular formula is C4H10NO. The van der Waals surface area contributed by atoms with Crippen LogP contribution in [0.4, 0.5) is 0 Å². The van der Waals surface area contributed by atoms with Crippen molar-refractivity contribution in [3.05, 3.63) is 0 Å². The Morgan fingerprint density at radius 1 is 1.67 bits per heavy atom. The highest BCUT2D eigenvalue weighted by atomic mass is 16.5. The molecule has 0 bridgehead atoms. The molecule has 2 nitrogen and oxygen atoms in total. The molecule has 2 heteroatoms. The summed E-state index contributed by atoms with van der Waals surface area (Å²) >= 11 is 0. The van der Waals surface area contributed by atoms with Crippen LogP contribution in [0.3, 0.4) is 0 Å². The van der Waals surface area contributed by atoms with Gasteiger partial charge >= 0.3 is 0 Å². The summed E-state index contributed by atoms with van der Waals surface area (Å²) in [6, 6.07) is 0. The van der Waals surface area contributed by atoms with E-state index in [1.165, 1.54) is 7.05 Å². The Bertz CT molecular complexity index is 28.7. The van der Waals surface area contributed by atoms with E-state index < -0.39 is 0 Å². The summed E-state index contributed by atoms with van der Waals surface area (Å²) in [4.78, 5) is 0. The molecule has 0 aliphatic rings. The van der Waals surface area contributed by atoms with Crippen LogP contribution in [0.15, 0.2) is 0 Å². The van der Waals surface area contributed by atoms with E-state index in [0.717, 1.165) is 11.5 Å². The number of hydrogen-bond acceptors (Lipinski definition) is 1. The first-order valence-electron chi connectivity index (χ1n) is 2.15. The molecule has 0 amide bonds. The molecule has 0 saturated heterocycles. The van der Waals surface area contributed by atoms with Gasteiger partial charge in [-0.1, -0.05) is 6.92 Å². The summed E-state index contributed by atoms with van der Waals surface area (Å²) < 4.78 is 0. The van der Waals surface area contributed by atoms with Crippen LogP contribution in [0.25, 0.3) is 0 Å². The van der Waals surface area contributed by atoms with E-state index in [0.29, 0.717) is 6.54 Å². The van der Waals surface area contributed by atoms with Gasteiger partial charge in [-0.15, -0.1) is 5.21 Å². The van der Waals surface area contributed by atoms with E-state index in [2.05, 4.69) is 0 Å². The van der Waals surface area contributed by atoms with Gasteiger partial charge in [0.25, 0.3) is 0 Å². The fourth-order valence-electron chi connectivity index (χ4n) is 0.315. The summed E-state index contributed by atoms with van der Waals surface area (Å²) in [5.41, 5.74) is 0. The number of hydroxylamine groups is 2. The normalized spacial score (nSPS) is 10.0. The SMILES string of the molecule is CCCN(C)[O]. The number of nitrogens with zero attached hydrogens (tertiary/aromatic N) is 1. The molecule has 37 valence electrons. The third-order valence-electron chi connectivity index (χ3n) is 0.539. The van der Waals surface area contributed by atoms with Gasteiger partial charge < -0.3 is 0 Å². The number of rotatable bonds is 2. The highest BCUT2D eigenvalue weighted by Crippen LogP contribution is 1.76. The van der Waals surface area contributed by atoms with Crippen LogP contribution >= 0.6 is 0 Å². The molecule has 0 aliphatic heterocycles. The Labute approximate surface area is 38.3 Å². The minimum atomic E-state index is 0.653. The van der Waals surface area contributed by atoms with Crippen LogP contribution in [-0.2, 0) is 5.21 Å². The van der Waals surface area contributed by atoms with Crippen molar-refractivity contribution in [1.29, 1.82) is 0 Å². The molecule has 0 saturated carbocycles. The van der Waals surface area contributed by atoms with Crippen LogP contribution in [0.5, 0.6) is 0 Å². The Morgan fingerprint density at radius 3 is 2.17 bits per heavy atom. The zero-order valence-electron chi connectivity index (χ0n) is 4.27. The molecule has 0 unspecified atom stereocenters. The minimum absolute atomic E-state index is 0.653. The molecule has 1 radical (unpaired) electrons. The topological polar surface area (TPSA) is 23.1 Å². The summed E-state index contributed by atoms with van der Waals surface area (Å²) in [5, 5.41) is 10.9. The van der Waals surface area contributed by atoms with Crippen LogP contribution in [0, 0.1) is 0 Å². The van der Waals surface area contributed by atoms with Crippen molar-refractivity contribution in [3.63, 3.8) is 0 Å². The van der Waals surface area contributed by atoms with Gasteiger partial charge in [0.1, 0.15) is 0 Å². The maximum Gasteiger partial charge on any atom is 0.0265 e. The van der Waals surface area contributed by atoms with Gasteiger partial charge in [-0.3, -0.25) is 0 Å². The first kappa shape index (κ1) is 5.92. The van der Waals surface area contributed by atoms with E-state index in [1.54, 1.807) is 0 Å². The van der Waals surface area contributed by atoms with Gasteiger partial charge in [-0.25, -0.2) is 0 Å². The lowest BCUT2D eigenvalue weighted by Crippen LogP contribution is -2.10. The first-order chi connectivity index (χ1) is 2.77. The smallest absolute Gasteiger partial charge is 0.0265 e. The second-order valence-electron chi connectivity index (χ2n) is 1.35. The Kier molecular flexibility index (Phi) is 3.08. The van der Waals surface area contributed by atoms with Crippen molar-refractivity contribution in [2.45, 2.75) is 13.3 Å². The van der Waals surface area contributed by atoms with Gasteiger partial charge in [-0.05, 0) is 6.42 Å². The maximum absolute atomic E-state index is 9.96. The molecule has 0 aliphatic carbocycles. The lowest BCUT2D eigenvalue weighted by atomic mass is 10.5. The average molecular weight is 88.1 g/mol. The van der Waals surface area contributed by atoms with E-state index in [-0.39, 0.29) is 0 Å². The highest BCUT2D eigenvalue weighted by Gasteiger charge is 1.84. The van der Waals surface area contributed by atoms with Crippen LogP contribution in [-0.4, -0.2) is 18.7 Å². The van der Waals surface area contributed by atoms with Crippen molar-refractivity contribution in [2.24, 2.45) is 0 Å². The molecule has 0 heterocycles. The molecule has 0 spiro atoms. The first-order valence-corrected chi connectivity index (χ1v) is 2.15. The third-order valence-corrected chi connectivity index (χ3v) is 0.539. The summed E-state index contributed by atoms with van der Waals surface area (Å²) in [5.74, 6) is 0. The monoisotopic (exact) mass is 88.1 g/mol. The molecule has 0 aromatic carbocycles. The van der Waals surface area contributed by atoms with Crippen LogP contribution in [0.2, 0.25) is 0 Å². The molecule has 0 aromatic rings. The van der Waals surface area contributed by atoms with E-state index in [4.69, 9.17) is 0 Å². The van der Waals surface area contributed by atoms with E-state index in [1.807, 2.05) is 6.92 Å². The van der Waals surface area contributed by atoms with Gasteiger partial charge in [0.15, 0.2) is 0 Å². The van der Waals surface area contributed by atoms with E-state index in [9.17, 15) is 5.21 Å². The zero-order valence-corrected chi connectivity index (χ0v) is 4.27. The molecule has 0 atom stereocenters. The standard InChI is InChI=1S/C4H10NO/c1-3-4-5(2)6/h3-4H2,1-2H3. The molecule has 0 N–H and O–H groups in total. The molecule has 6 heavy (non-hydrogen) atoms. The second-order valence-corrected chi connectivity index (χ2v) is 1.35. The van der Waals surface area contributed by atoms with Crippen molar-refractivity contribution in [2.75, 3.05) is 13.6 Å². The average Bonchev–Trinajstić information content (AvgIpc) is 1.35. The number of hydrogen-bond donors (Lipinski definition) is 0. The lowest BCUT2D eigenvalue weighted by Gasteiger charge is -1.97. The Hall–Kier alpha value is -0.0800. The Balaban J connectivity index is 2.63. The van der Waals surface area contributed by atoms with Gasteiger partial charge in [0.2, 0.25) is 0 Å². The highest BCUT2D eigenvalue weighted by molar-refractivity contribution is 4.27. The summed E-state index contributed by atoms with van der Waals surface area (Å²) in [6.45, 7) is 2.63. The van der Waals surface area contributed by atoms with E-state index >= 15 is 0 Å². The van der Waals surface area contributed by atoms with Crippen LogP contribution in [0.1, 0.15) is 13.3 Å². The zero-order chi connectivity index (χ0) is 4.99. The third kappa shape index (κ3) is 3.92. The van der Waals surface area contributed by atoms with Gasteiger partial charge in [-0.2, -0.15) is 5.06 Å². The molecule has 0 fully saturated rings. The van der Waals surface area contributed by atoms with Gasteiger partial charge in [0.05, 0.1) is 0 Å². The largest absolute Gasteiger partial charge is 0.158 e. The molecular weight excluding hydrogens is 78.0 g/mol. The summed E-state index contributed by atoms with van der Waals surface area (Å²) in [7, 11) is 1.53. The molecule has 0 aromatic heterocycles. The molecule has 0 rings (SSSR count). The fraction of sp³-hybridized carbons (Fsp3) is 1.00. The Morgan fingerprint density at radius 2 is 2.17 bits per heavy atom. The van der Waals surface area contributed by atoms with Crippen molar-refractivity contribution >= 4 is 0 Å². The maximum atomic E-state index is 9.96. The van der Waals surface area contributed by atoms with Crippen molar-refractivity contribution in [3.8, 4) is 0 Å². The fourth-order valence-corrected chi connectivity index (χ4v) is 0.315. The summed E-state index contributed by atoms with van der Waals surface area (Å²) in [6.07, 6.45) is 0.944. The second kappa shape index (κ2) is 3.12. The van der Waals surface area contributed by atoms with Gasteiger partial charge in [0, 0.05) is 13.6 Å². The minimum Gasteiger partial charge on any atom is -0.158 e. The van der Waals surface area contributed by atoms with Crippen molar-refractivity contribution < 1.29 is 5.21 Å². The predicted octanol–water partition coefficient (Wildman–Crippen LogP) is 0.674. The lowest BCUT2D eigenvalue weighted by molar-refractivity contribution is -0.134.